The molecule has 1 aromatic carbocycles. The topological polar surface area (TPSA) is 26.0 Å². The molecule has 0 aromatic heterocycles. The molecule has 1 saturated carbocycles. The molecule has 2 rings (SSSR count). The fourth-order valence-corrected chi connectivity index (χ4v) is 3.34. The monoisotopic (exact) mass is 259 g/mol. The number of hydrogen-bond donors (Lipinski definition) is 1. The van der Waals surface area contributed by atoms with Crippen LogP contribution in [0, 0.1) is 5.41 Å². The van der Waals surface area contributed by atoms with E-state index in [1.807, 2.05) is 0 Å². The molecule has 0 saturated heterocycles. The van der Waals surface area contributed by atoms with Crippen molar-refractivity contribution < 1.29 is 0 Å². The standard InChI is InChI=1S/C18H29N/c1-4-14(2)15-8-10-16(11-9-15)17(19)18(3)12-6-5-7-13-18/h8-11,14,17H,4-7,12-13,19H2,1-3H3. The van der Waals surface area contributed by atoms with Crippen LogP contribution in [0.2, 0.25) is 0 Å². The molecule has 0 aliphatic heterocycles. The maximum absolute atomic E-state index is 6.56. The molecule has 0 heterocycles. The highest BCUT2D eigenvalue weighted by atomic mass is 14.7. The van der Waals surface area contributed by atoms with E-state index in [0.717, 1.165) is 0 Å². The zero-order valence-corrected chi connectivity index (χ0v) is 12.8. The minimum atomic E-state index is 0.193. The Kier molecular flexibility index (Phi) is 4.67. The fourth-order valence-electron chi connectivity index (χ4n) is 3.34. The quantitative estimate of drug-likeness (QED) is 0.793. The number of nitrogens with two attached hydrogens (primary N) is 1. The number of hydrogen-bond acceptors (Lipinski definition) is 1. The zero-order chi connectivity index (χ0) is 13.9. The summed E-state index contributed by atoms with van der Waals surface area (Å²) < 4.78 is 0. The SMILES string of the molecule is CCC(C)c1ccc(C(N)C2(C)CCCCC2)cc1. The highest BCUT2D eigenvalue weighted by Gasteiger charge is 2.33. The van der Waals surface area contributed by atoms with E-state index in [-0.39, 0.29) is 6.04 Å². The van der Waals surface area contributed by atoms with Gasteiger partial charge in [-0.25, -0.2) is 0 Å². The first-order chi connectivity index (χ1) is 9.07. The molecule has 1 nitrogen and oxygen atoms in total. The number of rotatable bonds is 4. The van der Waals surface area contributed by atoms with Crippen molar-refractivity contribution in [1.29, 1.82) is 0 Å². The van der Waals surface area contributed by atoms with Crippen molar-refractivity contribution in [1.82, 2.24) is 0 Å². The highest BCUT2D eigenvalue weighted by molar-refractivity contribution is 5.28. The average molecular weight is 259 g/mol. The molecule has 0 spiro atoms. The van der Waals surface area contributed by atoms with Crippen LogP contribution in [-0.4, -0.2) is 0 Å². The molecule has 1 fully saturated rings. The summed E-state index contributed by atoms with van der Waals surface area (Å²) in [5, 5.41) is 0. The molecule has 106 valence electrons. The van der Waals surface area contributed by atoms with Crippen LogP contribution in [0.3, 0.4) is 0 Å². The second-order valence-corrected chi connectivity index (χ2v) is 6.67. The van der Waals surface area contributed by atoms with Gasteiger partial charge in [-0.2, -0.15) is 0 Å². The molecular weight excluding hydrogens is 230 g/mol. The van der Waals surface area contributed by atoms with Crippen LogP contribution < -0.4 is 5.73 Å². The first-order valence-electron chi connectivity index (χ1n) is 7.92. The van der Waals surface area contributed by atoms with E-state index in [9.17, 15) is 0 Å². The Balaban J connectivity index is 2.12. The van der Waals surface area contributed by atoms with Crippen LogP contribution >= 0.6 is 0 Å². The Bertz CT molecular complexity index is 387. The lowest BCUT2D eigenvalue weighted by atomic mass is 9.69. The Morgan fingerprint density at radius 2 is 1.58 bits per heavy atom. The van der Waals surface area contributed by atoms with Crippen molar-refractivity contribution in [3.8, 4) is 0 Å². The normalized spacial score (nSPS) is 21.9. The summed E-state index contributed by atoms with van der Waals surface area (Å²) in [5.74, 6) is 0.649. The maximum atomic E-state index is 6.56. The van der Waals surface area contributed by atoms with Crippen molar-refractivity contribution in [2.75, 3.05) is 0 Å². The summed E-state index contributed by atoms with van der Waals surface area (Å²) in [6.45, 7) is 6.91. The fraction of sp³-hybridized carbons (Fsp3) is 0.667. The van der Waals surface area contributed by atoms with E-state index in [2.05, 4.69) is 45.0 Å². The van der Waals surface area contributed by atoms with Gasteiger partial charge in [0.2, 0.25) is 0 Å². The van der Waals surface area contributed by atoms with Gasteiger partial charge in [0.15, 0.2) is 0 Å². The average Bonchev–Trinajstić information content (AvgIpc) is 2.46. The molecule has 0 radical (unpaired) electrons. The Labute approximate surface area is 118 Å². The zero-order valence-electron chi connectivity index (χ0n) is 12.8. The van der Waals surface area contributed by atoms with Gasteiger partial charge in [-0.15, -0.1) is 0 Å². The minimum absolute atomic E-state index is 0.193. The largest absolute Gasteiger partial charge is 0.323 e. The van der Waals surface area contributed by atoms with E-state index in [1.165, 1.54) is 49.7 Å². The molecule has 1 aliphatic rings. The third kappa shape index (κ3) is 3.20. The van der Waals surface area contributed by atoms with Crippen LogP contribution in [0.1, 0.15) is 82.4 Å². The summed E-state index contributed by atoms with van der Waals surface area (Å²) in [4.78, 5) is 0. The molecule has 1 heteroatoms. The smallest absolute Gasteiger partial charge is 0.0349 e. The van der Waals surface area contributed by atoms with E-state index in [4.69, 9.17) is 5.73 Å². The number of benzene rings is 1. The van der Waals surface area contributed by atoms with Crippen molar-refractivity contribution in [2.45, 2.75) is 71.3 Å². The minimum Gasteiger partial charge on any atom is -0.323 e. The van der Waals surface area contributed by atoms with Gasteiger partial charge in [0, 0.05) is 6.04 Å². The van der Waals surface area contributed by atoms with Gasteiger partial charge in [-0.1, -0.05) is 64.3 Å². The summed E-state index contributed by atoms with van der Waals surface area (Å²) in [5.41, 5.74) is 9.62. The lowest BCUT2D eigenvalue weighted by molar-refractivity contribution is 0.170. The molecule has 2 atom stereocenters. The van der Waals surface area contributed by atoms with E-state index >= 15 is 0 Å². The van der Waals surface area contributed by atoms with Crippen molar-refractivity contribution in [3.05, 3.63) is 35.4 Å². The lowest BCUT2D eigenvalue weighted by Gasteiger charge is -2.39. The van der Waals surface area contributed by atoms with Crippen molar-refractivity contribution in [3.63, 3.8) is 0 Å². The molecule has 0 bridgehead atoms. The van der Waals surface area contributed by atoms with Gasteiger partial charge in [0.1, 0.15) is 0 Å². The van der Waals surface area contributed by atoms with Gasteiger partial charge in [0.25, 0.3) is 0 Å². The predicted molar refractivity (Wildman–Crippen MR) is 83.3 cm³/mol. The maximum Gasteiger partial charge on any atom is 0.0349 e. The summed E-state index contributed by atoms with van der Waals surface area (Å²) in [6.07, 6.45) is 7.82. The molecule has 1 aliphatic carbocycles. The van der Waals surface area contributed by atoms with Gasteiger partial charge in [0.05, 0.1) is 0 Å². The predicted octanol–water partition coefficient (Wildman–Crippen LogP) is 5.17. The van der Waals surface area contributed by atoms with Crippen LogP contribution in [0.4, 0.5) is 0 Å². The molecule has 0 amide bonds. The molecule has 19 heavy (non-hydrogen) atoms. The molecular formula is C18H29N. The Morgan fingerprint density at radius 1 is 1.05 bits per heavy atom. The Hall–Kier alpha value is -0.820. The first kappa shape index (κ1) is 14.6. The highest BCUT2D eigenvalue weighted by Crippen LogP contribution is 2.44. The molecule has 2 unspecified atom stereocenters. The summed E-state index contributed by atoms with van der Waals surface area (Å²) in [6, 6.07) is 9.25. The molecule has 1 aromatic rings. The van der Waals surface area contributed by atoms with Gasteiger partial charge < -0.3 is 5.73 Å². The van der Waals surface area contributed by atoms with E-state index < -0.39 is 0 Å². The lowest BCUT2D eigenvalue weighted by Crippen LogP contribution is -2.33. The second kappa shape index (κ2) is 6.09. The van der Waals surface area contributed by atoms with Crippen LogP contribution in [0.25, 0.3) is 0 Å². The summed E-state index contributed by atoms with van der Waals surface area (Å²) in [7, 11) is 0. The van der Waals surface area contributed by atoms with E-state index in [1.54, 1.807) is 0 Å². The molecule has 2 N–H and O–H groups in total. The van der Waals surface area contributed by atoms with Gasteiger partial charge in [-0.05, 0) is 41.7 Å². The summed E-state index contributed by atoms with van der Waals surface area (Å²) >= 11 is 0. The van der Waals surface area contributed by atoms with Crippen LogP contribution in [0.5, 0.6) is 0 Å². The first-order valence-corrected chi connectivity index (χ1v) is 7.92. The van der Waals surface area contributed by atoms with Crippen molar-refractivity contribution >= 4 is 0 Å². The van der Waals surface area contributed by atoms with Crippen molar-refractivity contribution in [2.24, 2.45) is 11.1 Å². The second-order valence-electron chi connectivity index (χ2n) is 6.67. The third-order valence-electron chi connectivity index (χ3n) is 5.22. The van der Waals surface area contributed by atoms with E-state index in [0.29, 0.717) is 11.3 Å². The van der Waals surface area contributed by atoms with Crippen LogP contribution in [0.15, 0.2) is 24.3 Å². The Morgan fingerprint density at radius 3 is 2.11 bits per heavy atom. The van der Waals surface area contributed by atoms with Gasteiger partial charge >= 0.3 is 0 Å². The van der Waals surface area contributed by atoms with Crippen LogP contribution in [-0.2, 0) is 0 Å². The van der Waals surface area contributed by atoms with Gasteiger partial charge in [-0.3, -0.25) is 0 Å². The third-order valence-corrected chi connectivity index (χ3v) is 5.22.